The van der Waals surface area contributed by atoms with Crippen LogP contribution in [0.25, 0.3) is 0 Å². The Hall–Kier alpha value is -1.39. The molecule has 106 valence electrons. The zero-order chi connectivity index (χ0) is 14.9. The van der Waals surface area contributed by atoms with Crippen LogP contribution in [0.4, 0.5) is 5.82 Å². The van der Waals surface area contributed by atoms with Gasteiger partial charge in [0.15, 0.2) is 5.82 Å². The van der Waals surface area contributed by atoms with Crippen molar-refractivity contribution in [2.45, 2.75) is 4.90 Å². The molecule has 0 spiro atoms. The van der Waals surface area contributed by atoms with Gasteiger partial charge in [-0.05, 0) is 34.1 Å². The molecular formula is C10H7Br2N3O4S. The van der Waals surface area contributed by atoms with Crippen LogP contribution in [0.3, 0.4) is 0 Å². The predicted molar refractivity (Wildman–Crippen MR) is 78.2 cm³/mol. The van der Waals surface area contributed by atoms with Gasteiger partial charge in [0.05, 0.1) is 0 Å². The number of halogens is 2. The summed E-state index contributed by atoms with van der Waals surface area (Å²) < 4.78 is 27.6. The number of hydrogen-bond donors (Lipinski definition) is 3. The molecular weight excluding hydrogens is 418 g/mol. The molecule has 1 aromatic carbocycles. The number of carbonyl (C=O) groups is 1. The highest BCUT2D eigenvalue weighted by molar-refractivity contribution is 9.11. The number of carboxylic acids is 1. The van der Waals surface area contributed by atoms with Crippen LogP contribution in [0, 0.1) is 0 Å². The fourth-order valence-corrected chi connectivity index (χ4v) is 4.11. The van der Waals surface area contributed by atoms with Gasteiger partial charge in [0.2, 0.25) is 0 Å². The van der Waals surface area contributed by atoms with Gasteiger partial charge in [0, 0.05) is 15.0 Å². The minimum absolute atomic E-state index is 0.0144. The van der Waals surface area contributed by atoms with Crippen LogP contribution in [0.2, 0.25) is 0 Å². The van der Waals surface area contributed by atoms with E-state index >= 15 is 0 Å². The average molecular weight is 425 g/mol. The Morgan fingerprint density at radius 2 is 2.00 bits per heavy atom. The number of hydrogen-bond acceptors (Lipinski definition) is 4. The molecule has 2 rings (SSSR count). The normalized spacial score (nSPS) is 11.3. The standard InChI is InChI=1S/C10H7Br2N3O4S/c11-5-1-2-8(6(12)3-5)20(18,19)15-9-4-7(10(16)17)13-14-9/h1-4H,(H,16,17)(H2,13,14,15). The molecule has 3 N–H and O–H groups in total. The highest BCUT2D eigenvalue weighted by atomic mass is 79.9. The Balaban J connectivity index is 2.33. The Labute approximate surface area is 130 Å². The summed E-state index contributed by atoms with van der Waals surface area (Å²) in [5.74, 6) is -1.33. The number of sulfonamides is 1. The fourth-order valence-electron chi connectivity index (χ4n) is 1.37. The maximum Gasteiger partial charge on any atom is 0.353 e. The fraction of sp³-hybridized carbons (Fsp3) is 0. The summed E-state index contributed by atoms with van der Waals surface area (Å²) in [5, 5.41) is 14.5. The van der Waals surface area contributed by atoms with Gasteiger partial charge in [-0.1, -0.05) is 15.9 Å². The minimum atomic E-state index is -3.87. The second kappa shape index (κ2) is 5.54. The Morgan fingerprint density at radius 1 is 1.30 bits per heavy atom. The highest BCUT2D eigenvalue weighted by Gasteiger charge is 2.20. The lowest BCUT2D eigenvalue weighted by molar-refractivity contribution is 0.0690. The van der Waals surface area contributed by atoms with E-state index in [1.807, 2.05) is 0 Å². The molecule has 10 heteroatoms. The third-order valence-corrected chi connectivity index (χ3v) is 5.06. The quantitative estimate of drug-likeness (QED) is 0.697. The molecule has 2 aromatic rings. The van der Waals surface area contributed by atoms with E-state index in [1.165, 1.54) is 6.07 Å². The first-order valence-corrected chi connectivity index (χ1v) is 8.13. The maximum atomic E-state index is 12.2. The molecule has 0 aliphatic carbocycles. The van der Waals surface area contributed by atoms with Crippen LogP contribution >= 0.6 is 31.9 Å². The second-order valence-electron chi connectivity index (χ2n) is 3.65. The summed E-state index contributed by atoms with van der Waals surface area (Å²) in [6.07, 6.45) is 0. The molecule has 0 radical (unpaired) electrons. The summed E-state index contributed by atoms with van der Waals surface area (Å²) in [7, 11) is -3.87. The average Bonchev–Trinajstić information content (AvgIpc) is 2.76. The van der Waals surface area contributed by atoms with E-state index in [1.54, 1.807) is 12.1 Å². The van der Waals surface area contributed by atoms with E-state index in [0.717, 1.165) is 10.5 Å². The number of aromatic carboxylic acids is 1. The van der Waals surface area contributed by atoms with Crippen molar-refractivity contribution < 1.29 is 18.3 Å². The molecule has 0 fully saturated rings. The van der Waals surface area contributed by atoms with Crippen molar-refractivity contribution in [3.05, 3.63) is 38.9 Å². The van der Waals surface area contributed by atoms with Crippen molar-refractivity contribution in [3.63, 3.8) is 0 Å². The van der Waals surface area contributed by atoms with Crippen LogP contribution in [-0.4, -0.2) is 29.7 Å². The third-order valence-electron chi connectivity index (χ3n) is 2.23. The molecule has 1 heterocycles. The molecule has 0 unspecified atom stereocenters. The van der Waals surface area contributed by atoms with Crippen molar-refractivity contribution in [2.24, 2.45) is 0 Å². The topological polar surface area (TPSA) is 112 Å². The second-order valence-corrected chi connectivity index (χ2v) is 7.07. The summed E-state index contributed by atoms with van der Waals surface area (Å²) in [5.41, 5.74) is -0.211. The van der Waals surface area contributed by atoms with Gasteiger partial charge in [-0.15, -0.1) is 0 Å². The lowest BCUT2D eigenvalue weighted by Gasteiger charge is -2.07. The summed E-state index contributed by atoms with van der Waals surface area (Å²) in [6.45, 7) is 0. The van der Waals surface area contributed by atoms with Crippen LogP contribution < -0.4 is 4.72 Å². The predicted octanol–water partition coefficient (Wildman–Crippen LogP) is 2.43. The van der Waals surface area contributed by atoms with Gasteiger partial charge in [0.25, 0.3) is 10.0 Å². The first-order valence-electron chi connectivity index (χ1n) is 5.06. The molecule has 7 nitrogen and oxygen atoms in total. The number of benzene rings is 1. The first kappa shape index (κ1) is 15.0. The molecule has 0 amide bonds. The molecule has 0 atom stereocenters. The number of anilines is 1. The van der Waals surface area contributed by atoms with Crippen LogP contribution in [-0.2, 0) is 10.0 Å². The highest BCUT2D eigenvalue weighted by Crippen LogP contribution is 2.27. The van der Waals surface area contributed by atoms with E-state index in [0.29, 0.717) is 4.47 Å². The largest absolute Gasteiger partial charge is 0.477 e. The van der Waals surface area contributed by atoms with Gasteiger partial charge >= 0.3 is 5.97 Å². The molecule has 0 aliphatic rings. The van der Waals surface area contributed by atoms with E-state index in [9.17, 15) is 13.2 Å². The third kappa shape index (κ3) is 3.19. The van der Waals surface area contributed by atoms with Gasteiger partial charge in [0.1, 0.15) is 10.6 Å². The van der Waals surface area contributed by atoms with Gasteiger partial charge in [-0.25, -0.2) is 13.2 Å². The number of carboxylic acid groups (broad SMARTS) is 1. The summed E-state index contributed by atoms with van der Waals surface area (Å²) in [6, 6.07) is 5.66. The Bertz CT molecular complexity index is 773. The maximum absolute atomic E-state index is 12.2. The lowest BCUT2D eigenvalue weighted by Crippen LogP contribution is -2.13. The van der Waals surface area contributed by atoms with Crippen molar-refractivity contribution >= 4 is 53.7 Å². The monoisotopic (exact) mass is 423 g/mol. The molecule has 0 bridgehead atoms. The van der Waals surface area contributed by atoms with Crippen LogP contribution in [0.5, 0.6) is 0 Å². The SMILES string of the molecule is O=C(O)c1cc(NS(=O)(=O)c2ccc(Br)cc2Br)n[nH]1. The van der Waals surface area contributed by atoms with Crippen LogP contribution in [0.15, 0.2) is 38.1 Å². The number of H-pyrrole nitrogens is 1. The summed E-state index contributed by atoms with van der Waals surface area (Å²) >= 11 is 6.37. The van der Waals surface area contributed by atoms with Crippen molar-refractivity contribution in [1.29, 1.82) is 0 Å². The molecule has 0 saturated heterocycles. The van der Waals surface area contributed by atoms with Gasteiger partial charge in [-0.3, -0.25) is 9.82 Å². The Morgan fingerprint density at radius 3 is 2.55 bits per heavy atom. The first-order chi connectivity index (χ1) is 9.29. The minimum Gasteiger partial charge on any atom is -0.477 e. The van der Waals surface area contributed by atoms with E-state index in [-0.39, 0.29) is 16.4 Å². The number of nitrogens with zero attached hydrogens (tertiary/aromatic N) is 1. The smallest absolute Gasteiger partial charge is 0.353 e. The van der Waals surface area contributed by atoms with Crippen molar-refractivity contribution in [3.8, 4) is 0 Å². The molecule has 0 saturated carbocycles. The molecule has 0 aliphatic heterocycles. The number of aromatic nitrogens is 2. The zero-order valence-corrected chi connectivity index (χ0v) is 13.6. The van der Waals surface area contributed by atoms with Crippen molar-refractivity contribution in [2.75, 3.05) is 4.72 Å². The van der Waals surface area contributed by atoms with E-state index in [2.05, 4.69) is 46.8 Å². The molecule has 20 heavy (non-hydrogen) atoms. The van der Waals surface area contributed by atoms with Crippen LogP contribution in [0.1, 0.15) is 10.5 Å². The van der Waals surface area contributed by atoms with Gasteiger partial charge in [-0.2, -0.15) is 5.10 Å². The summed E-state index contributed by atoms with van der Waals surface area (Å²) in [4.78, 5) is 10.7. The number of rotatable bonds is 4. The Kier molecular flexibility index (Phi) is 4.16. The van der Waals surface area contributed by atoms with Gasteiger partial charge < -0.3 is 5.11 Å². The number of nitrogens with one attached hydrogen (secondary N) is 2. The lowest BCUT2D eigenvalue weighted by atomic mass is 10.4. The van der Waals surface area contributed by atoms with E-state index < -0.39 is 16.0 Å². The number of aromatic amines is 1. The van der Waals surface area contributed by atoms with E-state index in [4.69, 9.17) is 5.11 Å². The molecule has 1 aromatic heterocycles. The zero-order valence-electron chi connectivity index (χ0n) is 9.59. The van der Waals surface area contributed by atoms with Crippen molar-refractivity contribution in [1.82, 2.24) is 10.2 Å².